The van der Waals surface area contributed by atoms with Crippen molar-refractivity contribution in [2.45, 2.75) is 38.3 Å². The van der Waals surface area contributed by atoms with Crippen LogP contribution in [-0.2, 0) is 11.3 Å². The lowest BCUT2D eigenvalue weighted by Gasteiger charge is -2.14. The third-order valence-electron chi connectivity index (χ3n) is 5.20. The molecule has 0 aliphatic heterocycles. The number of hydrogen-bond acceptors (Lipinski definition) is 3. The third kappa shape index (κ3) is 4.74. The summed E-state index contributed by atoms with van der Waals surface area (Å²) in [6.45, 7) is 0.378. The van der Waals surface area contributed by atoms with Gasteiger partial charge in [-0.1, -0.05) is 42.6 Å². The molecule has 0 unspecified atom stereocenters. The van der Waals surface area contributed by atoms with Gasteiger partial charge in [0.25, 0.3) is 0 Å². The van der Waals surface area contributed by atoms with Crippen LogP contribution in [0.1, 0.15) is 43.0 Å². The highest BCUT2D eigenvalue weighted by molar-refractivity contribution is 6.32. The van der Waals surface area contributed by atoms with E-state index in [1.807, 2.05) is 30.3 Å². The van der Waals surface area contributed by atoms with Gasteiger partial charge in [0.1, 0.15) is 0 Å². The summed E-state index contributed by atoms with van der Waals surface area (Å²) < 4.78 is 2.13. The molecule has 1 aliphatic carbocycles. The number of pyridine rings is 1. The molecule has 1 aromatic carbocycles. The molecule has 0 atom stereocenters. The van der Waals surface area contributed by atoms with Crippen molar-refractivity contribution in [3.8, 4) is 11.3 Å². The zero-order valence-corrected chi connectivity index (χ0v) is 16.8. The lowest BCUT2D eigenvalue weighted by molar-refractivity contribution is -0.116. The van der Waals surface area contributed by atoms with E-state index < -0.39 is 0 Å². The molecule has 5 nitrogen and oxygen atoms in total. The summed E-state index contributed by atoms with van der Waals surface area (Å²) in [4.78, 5) is 16.3. The summed E-state index contributed by atoms with van der Waals surface area (Å²) in [5.41, 5.74) is 3.84. The maximum absolute atomic E-state index is 12.2. The van der Waals surface area contributed by atoms with Crippen LogP contribution in [0.4, 0.5) is 0 Å². The third-order valence-corrected chi connectivity index (χ3v) is 5.54. The first-order valence-electron chi connectivity index (χ1n) is 9.90. The Bertz CT molecular complexity index is 1010. The molecule has 0 saturated heterocycles. The normalized spacial score (nSPS) is 14.5. The number of halogens is 1. The molecule has 6 heteroatoms. The van der Waals surface area contributed by atoms with Crippen LogP contribution in [-0.4, -0.2) is 20.7 Å². The van der Waals surface area contributed by atoms with Gasteiger partial charge < -0.3 is 5.32 Å². The van der Waals surface area contributed by atoms with Gasteiger partial charge in [-0.3, -0.25) is 14.5 Å². The van der Waals surface area contributed by atoms with Gasteiger partial charge in [0.05, 0.1) is 24.0 Å². The van der Waals surface area contributed by atoms with Crippen molar-refractivity contribution in [1.82, 2.24) is 20.1 Å². The second-order valence-electron chi connectivity index (χ2n) is 7.21. The van der Waals surface area contributed by atoms with Gasteiger partial charge >= 0.3 is 0 Å². The van der Waals surface area contributed by atoms with Crippen molar-refractivity contribution in [3.63, 3.8) is 0 Å². The molecule has 1 saturated carbocycles. The van der Waals surface area contributed by atoms with Gasteiger partial charge in [-0.2, -0.15) is 5.10 Å². The maximum Gasteiger partial charge on any atom is 0.244 e. The van der Waals surface area contributed by atoms with Crippen molar-refractivity contribution in [2.75, 3.05) is 0 Å². The average Bonchev–Trinajstić information content (AvgIpc) is 3.42. The van der Waals surface area contributed by atoms with E-state index in [-0.39, 0.29) is 5.91 Å². The minimum Gasteiger partial charge on any atom is -0.347 e. The molecule has 2 aromatic heterocycles. The lowest BCUT2D eigenvalue weighted by atomic mass is 10.1. The number of nitrogens with one attached hydrogen (secondary N) is 1. The average molecular weight is 407 g/mol. The maximum atomic E-state index is 12.2. The number of carbonyl (C=O) groups is 1. The van der Waals surface area contributed by atoms with E-state index in [0.29, 0.717) is 17.6 Å². The number of carbonyl (C=O) groups excluding carboxylic acids is 1. The number of rotatable bonds is 6. The molecule has 29 heavy (non-hydrogen) atoms. The molecule has 0 radical (unpaired) electrons. The Kier molecular flexibility index (Phi) is 6.06. The summed E-state index contributed by atoms with van der Waals surface area (Å²) >= 11 is 6.12. The van der Waals surface area contributed by atoms with Crippen molar-refractivity contribution >= 4 is 23.6 Å². The highest BCUT2D eigenvalue weighted by Crippen LogP contribution is 2.33. The number of nitrogens with zero attached hydrogens (tertiary/aromatic N) is 3. The second-order valence-corrected chi connectivity index (χ2v) is 7.62. The van der Waals surface area contributed by atoms with Crippen molar-refractivity contribution in [1.29, 1.82) is 0 Å². The highest BCUT2D eigenvalue weighted by atomic mass is 35.5. The molecule has 1 amide bonds. The molecule has 1 N–H and O–H groups in total. The molecule has 148 valence electrons. The largest absolute Gasteiger partial charge is 0.347 e. The Morgan fingerprint density at radius 1 is 1.17 bits per heavy atom. The van der Waals surface area contributed by atoms with Crippen LogP contribution in [0.5, 0.6) is 0 Å². The zero-order valence-electron chi connectivity index (χ0n) is 16.1. The Morgan fingerprint density at radius 3 is 2.69 bits per heavy atom. The van der Waals surface area contributed by atoms with Crippen LogP contribution in [0.2, 0.25) is 5.02 Å². The van der Waals surface area contributed by atoms with E-state index >= 15 is 0 Å². The van der Waals surface area contributed by atoms with Gasteiger partial charge in [0.15, 0.2) is 0 Å². The van der Waals surface area contributed by atoms with E-state index in [4.69, 9.17) is 16.7 Å². The Hall–Kier alpha value is -2.92. The van der Waals surface area contributed by atoms with Crippen LogP contribution < -0.4 is 5.32 Å². The molecular weight excluding hydrogens is 384 g/mol. The SMILES string of the molecule is O=C(/C=C/c1ccccc1Cl)NCc1cc(-c2ccncc2)n(C2CCCC2)n1. The number of amides is 1. The Labute approximate surface area is 175 Å². The highest BCUT2D eigenvalue weighted by Gasteiger charge is 2.22. The van der Waals surface area contributed by atoms with Crippen LogP contribution in [0.3, 0.4) is 0 Å². The van der Waals surface area contributed by atoms with Gasteiger partial charge in [-0.15, -0.1) is 0 Å². The molecule has 3 aromatic rings. The summed E-state index contributed by atoms with van der Waals surface area (Å²) in [5.74, 6) is -0.175. The van der Waals surface area contributed by atoms with Crippen LogP contribution in [0, 0.1) is 0 Å². The van der Waals surface area contributed by atoms with Gasteiger partial charge in [-0.25, -0.2) is 0 Å². The fourth-order valence-electron chi connectivity index (χ4n) is 3.71. The summed E-state index contributed by atoms with van der Waals surface area (Å²) in [7, 11) is 0. The van der Waals surface area contributed by atoms with Gasteiger partial charge in [0.2, 0.25) is 5.91 Å². The second kappa shape index (κ2) is 9.05. The van der Waals surface area contributed by atoms with E-state index in [2.05, 4.69) is 21.0 Å². The quantitative estimate of drug-likeness (QED) is 0.583. The van der Waals surface area contributed by atoms with Crippen LogP contribution in [0.25, 0.3) is 17.3 Å². The summed E-state index contributed by atoms with van der Waals surface area (Å²) in [5, 5.41) is 8.34. The van der Waals surface area contributed by atoms with Crippen LogP contribution >= 0.6 is 11.6 Å². The fraction of sp³-hybridized carbons (Fsp3) is 0.261. The van der Waals surface area contributed by atoms with E-state index in [9.17, 15) is 4.79 Å². The molecule has 4 rings (SSSR count). The summed E-state index contributed by atoms with van der Waals surface area (Å²) in [6.07, 6.45) is 11.6. The molecule has 0 bridgehead atoms. The first-order chi connectivity index (χ1) is 14.2. The summed E-state index contributed by atoms with van der Waals surface area (Å²) in [6, 6.07) is 13.9. The zero-order chi connectivity index (χ0) is 20.1. The van der Waals surface area contributed by atoms with Crippen molar-refractivity contribution in [3.05, 3.63) is 77.2 Å². The predicted molar refractivity (Wildman–Crippen MR) is 115 cm³/mol. The standard InChI is InChI=1S/C23H23ClN4O/c24-21-8-4-1-5-17(21)9-10-23(29)26-16-19-15-22(18-11-13-25-14-12-18)28(27-19)20-6-2-3-7-20/h1,4-5,8-15,20H,2-3,6-7,16H2,(H,26,29)/b10-9+. The van der Waals surface area contributed by atoms with Gasteiger partial charge in [0, 0.05) is 29.1 Å². The predicted octanol–water partition coefficient (Wildman–Crippen LogP) is 5.04. The molecule has 0 spiro atoms. The molecular formula is C23H23ClN4O. The molecule has 2 heterocycles. The number of aromatic nitrogens is 3. The topological polar surface area (TPSA) is 59.8 Å². The van der Waals surface area contributed by atoms with E-state index in [1.165, 1.54) is 18.9 Å². The number of benzene rings is 1. The minimum absolute atomic E-state index is 0.175. The van der Waals surface area contributed by atoms with Crippen LogP contribution in [0.15, 0.2) is 60.9 Å². The minimum atomic E-state index is -0.175. The first kappa shape index (κ1) is 19.4. The smallest absolute Gasteiger partial charge is 0.244 e. The lowest BCUT2D eigenvalue weighted by Crippen LogP contribution is -2.20. The molecule has 1 fully saturated rings. The monoisotopic (exact) mass is 406 g/mol. The van der Waals surface area contributed by atoms with Crippen molar-refractivity contribution in [2.24, 2.45) is 0 Å². The molecule has 1 aliphatic rings. The first-order valence-corrected chi connectivity index (χ1v) is 10.3. The fourth-order valence-corrected chi connectivity index (χ4v) is 3.91. The number of hydrogen-bond donors (Lipinski definition) is 1. The van der Waals surface area contributed by atoms with Crippen molar-refractivity contribution < 1.29 is 4.79 Å². The Balaban J connectivity index is 1.47. The van der Waals surface area contributed by atoms with E-state index in [1.54, 1.807) is 24.5 Å². The van der Waals surface area contributed by atoms with Gasteiger partial charge in [-0.05, 0) is 48.7 Å². The van der Waals surface area contributed by atoms with E-state index in [0.717, 1.165) is 35.4 Å². The Morgan fingerprint density at radius 2 is 1.93 bits per heavy atom.